The number of hydrogen-bond donors (Lipinski definition) is 2. The molecule has 0 saturated carbocycles. The molecule has 2 unspecified atom stereocenters. The van der Waals surface area contributed by atoms with Crippen LogP contribution in [0.1, 0.15) is 40.5 Å². The molecule has 0 aromatic rings. The van der Waals surface area contributed by atoms with Crippen molar-refractivity contribution in [2.75, 3.05) is 6.61 Å². The number of hydrogen-bond acceptors (Lipinski definition) is 3. The second-order valence-electron chi connectivity index (χ2n) is 5.23. The van der Waals surface area contributed by atoms with Crippen molar-refractivity contribution in [1.82, 2.24) is 5.43 Å². The Morgan fingerprint density at radius 2 is 2.08 bits per heavy atom. The fourth-order valence-corrected chi connectivity index (χ4v) is 2.37. The van der Waals surface area contributed by atoms with E-state index in [1.165, 1.54) is 0 Å². The molecule has 0 radical (unpaired) electrons. The van der Waals surface area contributed by atoms with Crippen LogP contribution < -0.4 is 11.3 Å². The first-order valence-corrected chi connectivity index (χ1v) is 5.00. The summed E-state index contributed by atoms with van der Waals surface area (Å²) in [5, 5.41) is 0. The summed E-state index contributed by atoms with van der Waals surface area (Å²) in [5.74, 6) is 5.59. The van der Waals surface area contributed by atoms with E-state index in [1.807, 2.05) is 0 Å². The minimum atomic E-state index is -0.0903. The molecule has 0 amide bonds. The molecule has 78 valence electrons. The van der Waals surface area contributed by atoms with E-state index >= 15 is 0 Å². The molecule has 0 aromatic heterocycles. The van der Waals surface area contributed by atoms with Crippen LogP contribution in [-0.4, -0.2) is 18.2 Å². The maximum atomic E-state index is 5.78. The largest absolute Gasteiger partial charge is 0.374 e. The van der Waals surface area contributed by atoms with E-state index in [0.717, 1.165) is 19.4 Å². The lowest BCUT2D eigenvalue weighted by atomic mass is 9.76. The predicted molar refractivity (Wildman–Crippen MR) is 54.2 cm³/mol. The Kier molecular flexibility index (Phi) is 3.00. The maximum absolute atomic E-state index is 5.78. The second kappa shape index (κ2) is 3.56. The molecule has 1 heterocycles. The van der Waals surface area contributed by atoms with Crippen LogP contribution in [0, 0.1) is 5.41 Å². The Balaban J connectivity index is 2.76. The summed E-state index contributed by atoms with van der Waals surface area (Å²) in [6.07, 6.45) is 2.24. The Labute approximate surface area is 81.0 Å². The topological polar surface area (TPSA) is 47.3 Å². The highest BCUT2D eigenvalue weighted by molar-refractivity contribution is 4.97. The molecule has 0 bridgehead atoms. The predicted octanol–water partition coefficient (Wildman–Crippen LogP) is 1.43. The van der Waals surface area contributed by atoms with Crippen LogP contribution in [0.2, 0.25) is 0 Å². The van der Waals surface area contributed by atoms with E-state index in [4.69, 9.17) is 10.6 Å². The molecular formula is C10H22N2O. The first-order chi connectivity index (χ1) is 5.90. The van der Waals surface area contributed by atoms with Gasteiger partial charge in [0.1, 0.15) is 0 Å². The van der Waals surface area contributed by atoms with Crippen molar-refractivity contribution in [3.63, 3.8) is 0 Å². The van der Waals surface area contributed by atoms with Gasteiger partial charge in [0.05, 0.1) is 11.6 Å². The van der Waals surface area contributed by atoms with Crippen LogP contribution in [0.25, 0.3) is 0 Å². The summed E-state index contributed by atoms with van der Waals surface area (Å²) >= 11 is 0. The molecule has 1 aliphatic rings. The summed E-state index contributed by atoms with van der Waals surface area (Å²) in [5.41, 5.74) is 2.94. The molecule has 1 aliphatic heterocycles. The van der Waals surface area contributed by atoms with Crippen LogP contribution in [0.3, 0.4) is 0 Å². The molecule has 13 heavy (non-hydrogen) atoms. The van der Waals surface area contributed by atoms with Gasteiger partial charge < -0.3 is 4.74 Å². The fraction of sp³-hybridized carbons (Fsp3) is 1.00. The lowest BCUT2D eigenvalue weighted by molar-refractivity contribution is -0.0430. The van der Waals surface area contributed by atoms with Gasteiger partial charge in [0, 0.05) is 6.61 Å². The summed E-state index contributed by atoms with van der Waals surface area (Å²) in [6.45, 7) is 9.57. The summed E-state index contributed by atoms with van der Waals surface area (Å²) < 4.78 is 5.78. The van der Waals surface area contributed by atoms with Gasteiger partial charge in [0.2, 0.25) is 0 Å². The van der Waals surface area contributed by atoms with E-state index in [1.54, 1.807) is 0 Å². The van der Waals surface area contributed by atoms with E-state index in [-0.39, 0.29) is 17.1 Å². The fourth-order valence-electron chi connectivity index (χ4n) is 2.37. The third kappa shape index (κ3) is 2.22. The van der Waals surface area contributed by atoms with Gasteiger partial charge >= 0.3 is 0 Å². The number of rotatable bonds is 2. The highest BCUT2D eigenvalue weighted by Crippen LogP contribution is 2.36. The van der Waals surface area contributed by atoms with Crippen molar-refractivity contribution in [3.05, 3.63) is 0 Å². The molecule has 1 rings (SSSR count). The molecule has 3 N–H and O–H groups in total. The van der Waals surface area contributed by atoms with Gasteiger partial charge in [-0.25, -0.2) is 0 Å². The molecule has 1 fully saturated rings. The number of nitrogens with two attached hydrogens (primary N) is 1. The highest BCUT2D eigenvalue weighted by Gasteiger charge is 2.43. The van der Waals surface area contributed by atoms with Crippen molar-refractivity contribution in [3.8, 4) is 0 Å². The average molecular weight is 186 g/mol. The van der Waals surface area contributed by atoms with Crippen molar-refractivity contribution < 1.29 is 4.74 Å². The van der Waals surface area contributed by atoms with Crippen LogP contribution in [-0.2, 0) is 4.74 Å². The van der Waals surface area contributed by atoms with Gasteiger partial charge in [0.25, 0.3) is 0 Å². The number of hydrazine groups is 1. The molecule has 0 spiro atoms. The first kappa shape index (κ1) is 11.0. The third-order valence-electron chi connectivity index (χ3n) is 2.89. The average Bonchev–Trinajstić information content (AvgIpc) is 2.34. The summed E-state index contributed by atoms with van der Waals surface area (Å²) in [4.78, 5) is 0. The minimum Gasteiger partial charge on any atom is -0.374 e. The smallest absolute Gasteiger partial charge is 0.0826 e. The Morgan fingerprint density at radius 3 is 2.38 bits per heavy atom. The number of nitrogens with one attached hydrogen (secondary N) is 1. The van der Waals surface area contributed by atoms with Crippen molar-refractivity contribution in [2.45, 2.75) is 52.2 Å². The Morgan fingerprint density at radius 1 is 1.46 bits per heavy atom. The molecule has 1 saturated heterocycles. The van der Waals surface area contributed by atoms with Crippen LogP contribution >= 0.6 is 0 Å². The lowest BCUT2D eigenvalue weighted by Gasteiger charge is -2.41. The molecule has 3 nitrogen and oxygen atoms in total. The standard InChI is InChI=1S/C10H22N2O/c1-9(2,3)8(12-11)10(4)6-5-7-13-10/h8,12H,5-7,11H2,1-4H3. The zero-order valence-electron chi connectivity index (χ0n) is 9.18. The third-order valence-corrected chi connectivity index (χ3v) is 2.89. The zero-order valence-corrected chi connectivity index (χ0v) is 9.18. The van der Waals surface area contributed by atoms with Gasteiger partial charge in [-0.1, -0.05) is 20.8 Å². The maximum Gasteiger partial charge on any atom is 0.0826 e. The van der Waals surface area contributed by atoms with Gasteiger partial charge in [-0.2, -0.15) is 0 Å². The van der Waals surface area contributed by atoms with Gasteiger partial charge in [0.15, 0.2) is 0 Å². The Bertz CT molecular complexity index is 168. The van der Waals surface area contributed by atoms with Crippen LogP contribution in [0.4, 0.5) is 0 Å². The van der Waals surface area contributed by atoms with E-state index in [9.17, 15) is 0 Å². The van der Waals surface area contributed by atoms with Gasteiger partial charge in [-0.15, -0.1) is 0 Å². The van der Waals surface area contributed by atoms with Crippen molar-refractivity contribution in [2.24, 2.45) is 11.3 Å². The highest BCUT2D eigenvalue weighted by atomic mass is 16.5. The van der Waals surface area contributed by atoms with E-state index in [0.29, 0.717) is 0 Å². The van der Waals surface area contributed by atoms with Crippen molar-refractivity contribution >= 4 is 0 Å². The molecular weight excluding hydrogens is 164 g/mol. The second-order valence-corrected chi connectivity index (χ2v) is 5.23. The van der Waals surface area contributed by atoms with Gasteiger partial charge in [-0.3, -0.25) is 11.3 Å². The molecule has 3 heteroatoms. The van der Waals surface area contributed by atoms with Crippen LogP contribution in [0.5, 0.6) is 0 Å². The molecule has 0 aliphatic carbocycles. The van der Waals surface area contributed by atoms with E-state index < -0.39 is 0 Å². The van der Waals surface area contributed by atoms with Crippen LogP contribution in [0.15, 0.2) is 0 Å². The zero-order chi connectivity index (χ0) is 10.1. The van der Waals surface area contributed by atoms with E-state index in [2.05, 4.69) is 33.1 Å². The lowest BCUT2D eigenvalue weighted by Crippen LogP contribution is -2.57. The number of ether oxygens (including phenoxy) is 1. The molecule has 0 aromatic carbocycles. The monoisotopic (exact) mass is 186 g/mol. The van der Waals surface area contributed by atoms with Gasteiger partial charge in [-0.05, 0) is 25.2 Å². The van der Waals surface area contributed by atoms with Crippen molar-refractivity contribution in [1.29, 1.82) is 0 Å². The molecule has 2 atom stereocenters. The summed E-state index contributed by atoms with van der Waals surface area (Å²) in [7, 11) is 0. The normalized spacial score (nSPS) is 32.1. The Hall–Kier alpha value is -0.120. The summed E-state index contributed by atoms with van der Waals surface area (Å²) in [6, 6.07) is 0.211. The first-order valence-electron chi connectivity index (χ1n) is 5.00. The minimum absolute atomic E-state index is 0.0903. The SMILES string of the molecule is CC(C)(C)C(NN)C1(C)CCCO1. The quantitative estimate of drug-likeness (QED) is 0.506.